The van der Waals surface area contributed by atoms with Crippen LogP contribution in [0.1, 0.15) is 0 Å². The van der Waals surface area contributed by atoms with Crippen molar-refractivity contribution in [2.75, 3.05) is 4.90 Å². The molecule has 0 unspecified atom stereocenters. The molecule has 11 aromatic carbocycles. The molecule has 260 valence electrons. The van der Waals surface area contributed by atoms with Gasteiger partial charge in [-0.1, -0.05) is 140 Å². The van der Waals surface area contributed by atoms with E-state index in [4.69, 9.17) is 0 Å². The van der Waals surface area contributed by atoms with Crippen molar-refractivity contribution in [3.63, 3.8) is 0 Å². The molecule has 0 radical (unpaired) electrons. The first-order chi connectivity index (χ1) is 27.8. The second kappa shape index (κ2) is 12.0. The van der Waals surface area contributed by atoms with E-state index in [2.05, 4.69) is 216 Å². The number of hydrogen-bond donors (Lipinski definition) is 0. The van der Waals surface area contributed by atoms with Crippen molar-refractivity contribution in [3.8, 4) is 16.8 Å². The van der Waals surface area contributed by atoms with Gasteiger partial charge in [0.05, 0.1) is 11.0 Å². The fraction of sp³-hybridized carbons (Fsp3) is 0. The van der Waals surface area contributed by atoms with Gasteiger partial charge >= 0.3 is 0 Å². The van der Waals surface area contributed by atoms with E-state index in [1.165, 1.54) is 92.5 Å². The lowest BCUT2D eigenvalue weighted by molar-refractivity contribution is 1.18. The summed E-state index contributed by atoms with van der Waals surface area (Å²) >= 11 is 0. The third-order valence-corrected chi connectivity index (χ3v) is 11.8. The van der Waals surface area contributed by atoms with E-state index in [-0.39, 0.29) is 0 Å². The Hall–Kier alpha value is -7.42. The molecule has 2 nitrogen and oxygen atoms in total. The third-order valence-electron chi connectivity index (χ3n) is 11.8. The number of benzene rings is 11. The predicted octanol–water partition coefficient (Wildman–Crippen LogP) is 15.1. The topological polar surface area (TPSA) is 8.17 Å². The molecule has 0 aliphatic heterocycles. The minimum Gasteiger partial charge on any atom is -0.310 e. The van der Waals surface area contributed by atoms with Gasteiger partial charge in [0.2, 0.25) is 0 Å². The van der Waals surface area contributed by atoms with Crippen LogP contribution in [0.15, 0.2) is 206 Å². The molecule has 0 fully saturated rings. The van der Waals surface area contributed by atoms with E-state index < -0.39 is 0 Å². The van der Waals surface area contributed by atoms with Crippen LogP contribution in [0.3, 0.4) is 0 Å². The van der Waals surface area contributed by atoms with Crippen molar-refractivity contribution in [3.05, 3.63) is 206 Å². The van der Waals surface area contributed by atoms with Crippen LogP contribution in [0.25, 0.3) is 92.5 Å². The Balaban J connectivity index is 1.01. The molecule has 12 rings (SSSR count). The zero-order valence-electron chi connectivity index (χ0n) is 30.5. The molecule has 1 aromatic heterocycles. The maximum atomic E-state index is 2.42. The lowest BCUT2D eigenvalue weighted by Crippen LogP contribution is -2.09. The lowest BCUT2D eigenvalue weighted by Gasteiger charge is -2.25. The average Bonchev–Trinajstić information content (AvgIpc) is 3.60. The molecular weight excluding hydrogens is 677 g/mol. The van der Waals surface area contributed by atoms with Crippen molar-refractivity contribution >= 4 is 92.7 Å². The van der Waals surface area contributed by atoms with E-state index in [0.29, 0.717) is 0 Å². The van der Waals surface area contributed by atoms with E-state index in [0.717, 1.165) is 17.1 Å². The Labute approximate surface area is 324 Å². The van der Waals surface area contributed by atoms with Gasteiger partial charge in [-0.2, -0.15) is 0 Å². The van der Waals surface area contributed by atoms with Gasteiger partial charge in [0.1, 0.15) is 0 Å². The Bertz CT molecular complexity index is 3420. The Morgan fingerprint density at radius 2 is 0.875 bits per heavy atom. The molecule has 2 heteroatoms. The van der Waals surface area contributed by atoms with Crippen LogP contribution in [0, 0.1) is 0 Å². The summed E-state index contributed by atoms with van der Waals surface area (Å²) in [5, 5.41) is 15.4. The number of anilines is 3. The van der Waals surface area contributed by atoms with Crippen LogP contribution in [0.5, 0.6) is 0 Å². The number of rotatable bonds is 5. The molecule has 12 aromatic rings. The first kappa shape index (κ1) is 31.0. The van der Waals surface area contributed by atoms with Crippen molar-refractivity contribution in [1.29, 1.82) is 0 Å². The highest BCUT2D eigenvalue weighted by atomic mass is 15.1. The van der Waals surface area contributed by atoms with Crippen LogP contribution in [0.2, 0.25) is 0 Å². The summed E-state index contributed by atoms with van der Waals surface area (Å²) in [6.07, 6.45) is 0. The molecule has 0 saturated heterocycles. The van der Waals surface area contributed by atoms with E-state index >= 15 is 0 Å². The third kappa shape index (κ3) is 4.57. The smallest absolute Gasteiger partial charge is 0.0553 e. The fourth-order valence-corrected chi connectivity index (χ4v) is 9.40. The molecule has 0 aliphatic carbocycles. The maximum Gasteiger partial charge on any atom is 0.0553 e. The SMILES string of the molecule is c1ccc(N(c2ccccc2)c2ccc3c(ccc4cc(-c5ccc6ccc7cc8c(c9ccc5c6c79)c5ccccc5n8-c5ccccc5)ccc43)c2)cc1. The molecule has 0 spiro atoms. The molecule has 0 N–H and O–H groups in total. The largest absolute Gasteiger partial charge is 0.310 e. The van der Waals surface area contributed by atoms with Gasteiger partial charge < -0.3 is 9.47 Å². The minimum atomic E-state index is 1.14. The second-order valence-electron chi connectivity index (χ2n) is 14.9. The summed E-state index contributed by atoms with van der Waals surface area (Å²) < 4.78 is 2.42. The highest BCUT2D eigenvalue weighted by Crippen LogP contribution is 2.46. The first-order valence-corrected chi connectivity index (χ1v) is 19.3. The molecule has 1 heterocycles. The standard InChI is InChI=1S/C54H34N2/c1-4-12-40(13-5-1)55(41-14-6-2-7-15-41)43-26-29-45-38(33-43)22-21-36-32-37(25-28-44(36)45)46-27-24-35-20-23-39-34-51-54(49-31-30-47(46)52(35)53(39)49)48-18-10-11-19-50(48)56(51)42-16-8-3-9-17-42/h1-34H. The molecule has 0 aliphatic rings. The van der Waals surface area contributed by atoms with Gasteiger partial charge in [0.25, 0.3) is 0 Å². The fourth-order valence-electron chi connectivity index (χ4n) is 9.40. The highest BCUT2D eigenvalue weighted by molar-refractivity contribution is 6.34. The van der Waals surface area contributed by atoms with Crippen LogP contribution in [0.4, 0.5) is 17.1 Å². The van der Waals surface area contributed by atoms with Crippen LogP contribution >= 0.6 is 0 Å². The molecule has 0 amide bonds. The number of fused-ring (bicyclic) bond motifs is 7. The number of para-hydroxylation sites is 4. The van der Waals surface area contributed by atoms with Gasteiger partial charge in [-0.15, -0.1) is 0 Å². The summed E-state index contributed by atoms with van der Waals surface area (Å²) in [5.41, 5.74) is 9.56. The quantitative estimate of drug-likeness (QED) is 0.161. The van der Waals surface area contributed by atoms with Crippen molar-refractivity contribution in [1.82, 2.24) is 4.57 Å². The van der Waals surface area contributed by atoms with Crippen LogP contribution in [-0.4, -0.2) is 4.57 Å². The summed E-state index contributed by atoms with van der Waals surface area (Å²) in [7, 11) is 0. The van der Waals surface area contributed by atoms with Gasteiger partial charge in [-0.05, 0) is 132 Å². The molecule has 0 bridgehead atoms. The summed E-state index contributed by atoms with van der Waals surface area (Å²) in [6, 6.07) is 75.6. The summed E-state index contributed by atoms with van der Waals surface area (Å²) in [5.74, 6) is 0. The number of nitrogens with zero attached hydrogens (tertiary/aromatic N) is 2. The molecule has 0 atom stereocenters. The average molecular weight is 711 g/mol. The summed E-state index contributed by atoms with van der Waals surface area (Å²) in [6.45, 7) is 0. The number of aromatic nitrogens is 1. The van der Waals surface area contributed by atoms with Crippen molar-refractivity contribution < 1.29 is 0 Å². The highest BCUT2D eigenvalue weighted by Gasteiger charge is 2.20. The molecular formula is C54H34N2. The van der Waals surface area contributed by atoms with Gasteiger partial charge in [0.15, 0.2) is 0 Å². The second-order valence-corrected chi connectivity index (χ2v) is 14.9. The van der Waals surface area contributed by atoms with E-state index in [1.807, 2.05) is 0 Å². The van der Waals surface area contributed by atoms with Gasteiger partial charge in [-0.25, -0.2) is 0 Å². The Morgan fingerprint density at radius 1 is 0.304 bits per heavy atom. The predicted molar refractivity (Wildman–Crippen MR) is 240 cm³/mol. The molecule has 0 saturated carbocycles. The zero-order chi connectivity index (χ0) is 36.7. The lowest BCUT2D eigenvalue weighted by atomic mass is 9.88. The van der Waals surface area contributed by atoms with Crippen molar-refractivity contribution in [2.45, 2.75) is 0 Å². The molecule has 56 heavy (non-hydrogen) atoms. The first-order valence-electron chi connectivity index (χ1n) is 19.3. The van der Waals surface area contributed by atoms with Gasteiger partial charge in [0, 0.05) is 33.5 Å². The Kier molecular flexibility index (Phi) is 6.66. The minimum absolute atomic E-state index is 1.14. The van der Waals surface area contributed by atoms with Gasteiger partial charge in [-0.3, -0.25) is 0 Å². The van der Waals surface area contributed by atoms with E-state index in [1.54, 1.807) is 0 Å². The van der Waals surface area contributed by atoms with E-state index in [9.17, 15) is 0 Å². The normalized spacial score (nSPS) is 11.9. The van der Waals surface area contributed by atoms with Crippen molar-refractivity contribution in [2.24, 2.45) is 0 Å². The summed E-state index contributed by atoms with van der Waals surface area (Å²) in [4.78, 5) is 2.33. The number of hydrogen-bond acceptors (Lipinski definition) is 1. The van der Waals surface area contributed by atoms with Crippen LogP contribution < -0.4 is 4.90 Å². The monoisotopic (exact) mass is 710 g/mol. The zero-order valence-corrected chi connectivity index (χ0v) is 30.5. The maximum absolute atomic E-state index is 2.42. The van der Waals surface area contributed by atoms with Crippen LogP contribution in [-0.2, 0) is 0 Å². The Morgan fingerprint density at radius 3 is 1.64 bits per heavy atom.